The van der Waals surface area contributed by atoms with Crippen LogP contribution in [-0.2, 0) is 21.3 Å². The number of thiophene rings is 1. The van der Waals surface area contributed by atoms with Crippen LogP contribution in [-0.4, -0.2) is 40.3 Å². The van der Waals surface area contributed by atoms with Crippen LogP contribution in [0.25, 0.3) is 0 Å². The van der Waals surface area contributed by atoms with Crippen LogP contribution >= 0.6 is 11.3 Å². The Morgan fingerprint density at radius 3 is 2.22 bits per heavy atom. The van der Waals surface area contributed by atoms with Gasteiger partial charge in [-0.15, -0.1) is 11.3 Å². The summed E-state index contributed by atoms with van der Waals surface area (Å²) in [6, 6.07) is 1.16. The van der Waals surface area contributed by atoms with Gasteiger partial charge in [-0.3, -0.25) is 0 Å². The van der Waals surface area contributed by atoms with E-state index in [1.165, 1.54) is 11.9 Å². The highest BCUT2D eigenvalue weighted by Gasteiger charge is 2.40. The fraction of sp³-hybridized carbons (Fsp3) is 0.706. The monoisotopic (exact) mass is 438 g/mol. The molecule has 1 rings (SSSR count). The first-order chi connectivity index (χ1) is 11.9. The molecule has 0 spiro atoms. The summed E-state index contributed by atoms with van der Waals surface area (Å²) in [6.45, 7) is 15.0. The molecule has 0 saturated heterocycles. The summed E-state index contributed by atoms with van der Waals surface area (Å²) in [5.41, 5.74) is -0.645. The highest BCUT2D eigenvalue weighted by atomic mass is 32.2. The molecule has 0 aliphatic carbocycles. The first kappa shape index (κ1) is 24.1. The van der Waals surface area contributed by atoms with Crippen molar-refractivity contribution in [2.75, 3.05) is 7.05 Å². The molecule has 1 heterocycles. The number of ether oxygens (including phenoxy) is 1. The Labute approximate surface area is 167 Å². The van der Waals surface area contributed by atoms with Crippen LogP contribution in [0.5, 0.6) is 0 Å². The molecule has 0 aliphatic heterocycles. The second kappa shape index (κ2) is 7.80. The van der Waals surface area contributed by atoms with Crippen molar-refractivity contribution in [1.29, 1.82) is 0 Å². The number of hydrogen-bond acceptors (Lipinski definition) is 5. The van der Waals surface area contributed by atoms with Gasteiger partial charge in [0.05, 0.1) is 6.54 Å². The number of carbonyl (C=O) groups is 1. The second-order valence-electron chi connectivity index (χ2n) is 9.17. The number of sulfonamides is 1. The first-order valence-corrected chi connectivity index (χ1v) is 13.9. The average Bonchev–Trinajstić information content (AvgIpc) is 2.75. The van der Waals surface area contributed by atoms with Gasteiger partial charge in [0.25, 0.3) is 0 Å². The van der Waals surface area contributed by atoms with E-state index in [0.717, 1.165) is 17.4 Å². The van der Waals surface area contributed by atoms with Gasteiger partial charge in [-0.25, -0.2) is 22.0 Å². The van der Waals surface area contributed by atoms with Gasteiger partial charge >= 0.3 is 6.09 Å². The minimum atomic E-state index is -3.98. The fourth-order valence-corrected chi connectivity index (χ4v) is 8.38. The van der Waals surface area contributed by atoms with Crippen molar-refractivity contribution in [1.82, 2.24) is 9.29 Å². The quantitative estimate of drug-likeness (QED) is 0.685. The van der Waals surface area contributed by atoms with E-state index >= 15 is 0 Å². The zero-order valence-corrected chi connectivity index (χ0v) is 20.2. The summed E-state index contributed by atoms with van der Waals surface area (Å²) < 4.78 is 47.5. The Hall–Kier alpha value is -0.973. The second-order valence-corrected chi connectivity index (χ2v) is 17.5. The van der Waals surface area contributed by atoms with E-state index in [0.29, 0.717) is 4.88 Å². The van der Waals surface area contributed by atoms with Gasteiger partial charge in [0.15, 0.2) is 10.0 Å². The van der Waals surface area contributed by atoms with E-state index in [1.807, 2.05) is 33.9 Å². The molecule has 1 aromatic rings. The van der Waals surface area contributed by atoms with Crippen molar-refractivity contribution < 1.29 is 22.3 Å². The predicted octanol–water partition coefficient (Wildman–Crippen LogP) is 4.54. The smallest absolute Gasteiger partial charge is 0.410 e. The molecule has 0 saturated carbocycles. The zero-order valence-electron chi connectivity index (χ0n) is 17.6. The average molecular weight is 439 g/mol. The molecule has 156 valence electrons. The van der Waals surface area contributed by atoms with Crippen LogP contribution in [0, 0.1) is 5.82 Å². The van der Waals surface area contributed by atoms with Crippen LogP contribution in [0.4, 0.5) is 9.18 Å². The van der Waals surface area contributed by atoms with E-state index in [1.54, 1.807) is 20.8 Å². The Morgan fingerprint density at radius 1 is 1.26 bits per heavy atom. The van der Waals surface area contributed by atoms with E-state index in [9.17, 15) is 17.6 Å². The molecule has 0 radical (unpaired) electrons. The molecule has 1 amide bonds. The van der Waals surface area contributed by atoms with Crippen LogP contribution in [0.2, 0.25) is 18.1 Å². The summed E-state index contributed by atoms with van der Waals surface area (Å²) in [7, 11) is -4.85. The van der Waals surface area contributed by atoms with E-state index in [-0.39, 0.29) is 15.8 Å². The minimum Gasteiger partial charge on any atom is -0.444 e. The molecular weight excluding hydrogens is 407 g/mol. The largest absolute Gasteiger partial charge is 0.444 e. The Balaban J connectivity index is 3.02. The number of carbonyl (C=O) groups excluding carboxylic acids is 1. The number of hydrogen-bond donors (Lipinski definition) is 1. The molecule has 0 aliphatic rings. The molecule has 1 N–H and O–H groups in total. The summed E-state index contributed by atoms with van der Waals surface area (Å²) >= 11 is 0.829. The van der Waals surface area contributed by atoms with Crippen LogP contribution < -0.4 is 4.39 Å². The fourth-order valence-electron chi connectivity index (χ4n) is 1.83. The third-order valence-electron chi connectivity index (χ3n) is 4.31. The van der Waals surface area contributed by atoms with Crippen molar-refractivity contribution in [3.63, 3.8) is 0 Å². The van der Waals surface area contributed by atoms with Crippen LogP contribution in [0.3, 0.4) is 0 Å². The van der Waals surface area contributed by atoms with Crippen LogP contribution in [0.15, 0.2) is 10.3 Å². The lowest BCUT2D eigenvalue weighted by atomic mass is 10.2. The van der Waals surface area contributed by atoms with Gasteiger partial charge < -0.3 is 9.64 Å². The number of nitrogens with zero attached hydrogens (tertiary/aromatic N) is 1. The van der Waals surface area contributed by atoms with E-state index in [4.69, 9.17) is 4.74 Å². The SMILES string of the molecule is CN(Cc1cc(F)c(S(=O)(=O)N[Si](C)(C)C(C)(C)C)s1)C(=O)OC(C)(C)C. The van der Waals surface area contributed by atoms with Crippen molar-refractivity contribution in [2.45, 2.75) is 76.0 Å². The third kappa shape index (κ3) is 6.55. The molecule has 0 fully saturated rings. The van der Waals surface area contributed by atoms with Crippen molar-refractivity contribution in [2.24, 2.45) is 0 Å². The molecule has 10 heteroatoms. The highest BCUT2D eigenvalue weighted by molar-refractivity contribution is 7.93. The van der Waals surface area contributed by atoms with Crippen molar-refractivity contribution >= 4 is 35.7 Å². The van der Waals surface area contributed by atoms with E-state index < -0.39 is 35.8 Å². The van der Waals surface area contributed by atoms with Gasteiger partial charge in [0.1, 0.15) is 13.8 Å². The normalized spacial score (nSPS) is 13.6. The number of nitrogens with one attached hydrogen (secondary N) is 1. The third-order valence-corrected chi connectivity index (χ3v) is 13.7. The van der Waals surface area contributed by atoms with Crippen molar-refractivity contribution in [3.05, 3.63) is 16.8 Å². The zero-order chi connectivity index (χ0) is 21.4. The number of rotatable bonds is 5. The maximum atomic E-state index is 14.4. The molecule has 1 aromatic heterocycles. The minimum absolute atomic E-state index is 0.0616. The summed E-state index contributed by atoms with van der Waals surface area (Å²) in [5, 5.41) is -0.229. The highest BCUT2D eigenvalue weighted by Crippen LogP contribution is 2.36. The van der Waals surface area contributed by atoms with Gasteiger partial charge in [-0.05, 0) is 31.9 Å². The maximum Gasteiger partial charge on any atom is 0.410 e. The first-order valence-electron chi connectivity index (χ1n) is 8.62. The van der Waals surface area contributed by atoms with Gasteiger partial charge in [0, 0.05) is 11.9 Å². The Bertz CT molecular complexity index is 793. The Kier molecular flexibility index (Phi) is 6.96. The number of amides is 1. The molecule has 27 heavy (non-hydrogen) atoms. The Morgan fingerprint density at radius 2 is 1.78 bits per heavy atom. The lowest BCUT2D eigenvalue weighted by Gasteiger charge is -2.36. The summed E-state index contributed by atoms with van der Waals surface area (Å²) in [5.74, 6) is -0.807. The molecular formula is C17H31FN2O4S2Si. The summed E-state index contributed by atoms with van der Waals surface area (Å²) in [4.78, 5) is 13.8. The molecule has 6 nitrogen and oxygen atoms in total. The molecule has 0 unspecified atom stereocenters. The summed E-state index contributed by atoms with van der Waals surface area (Å²) in [6.07, 6.45) is -0.555. The van der Waals surface area contributed by atoms with E-state index in [2.05, 4.69) is 4.39 Å². The van der Waals surface area contributed by atoms with Gasteiger partial charge in [-0.1, -0.05) is 33.9 Å². The lowest BCUT2D eigenvalue weighted by Crippen LogP contribution is -2.54. The van der Waals surface area contributed by atoms with Crippen LogP contribution in [0.1, 0.15) is 46.4 Å². The number of halogens is 1. The standard InChI is InChI=1S/C17H31FN2O4S2Si/c1-16(2,3)24-15(21)20(7)11-12-10-13(18)14(25-12)26(22,23)19-27(8,9)17(4,5)6/h10,19H,11H2,1-9H3. The van der Waals surface area contributed by atoms with Gasteiger partial charge in [0.2, 0.25) is 10.0 Å². The lowest BCUT2D eigenvalue weighted by molar-refractivity contribution is 0.0286. The predicted molar refractivity (Wildman–Crippen MR) is 109 cm³/mol. The van der Waals surface area contributed by atoms with Gasteiger partial charge in [-0.2, -0.15) is 0 Å². The molecule has 0 atom stereocenters. The topological polar surface area (TPSA) is 75.7 Å². The molecule has 0 bridgehead atoms. The molecule has 0 aromatic carbocycles. The maximum absolute atomic E-state index is 14.4. The van der Waals surface area contributed by atoms with Crippen molar-refractivity contribution in [3.8, 4) is 0 Å².